The van der Waals surface area contributed by atoms with Crippen LogP contribution in [0.5, 0.6) is 5.75 Å². The van der Waals surface area contributed by atoms with E-state index in [-0.39, 0.29) is 35.9 Å². The Morgan fingerprint density at radius 2 is 1.90 bits per heavy atom. The van der Waals surface area contributed by atoms with Gasteiger partial charge in [0.2, 0.25) is 0 Å². The molecule has 2 aromatic rings. The minimum atomic E-state index is -0.540. The number of nitrogens with zero attached hydrogens (tertiary/aromatic N) is 2. The lowest BCUT2D eigenvalue weighted by atomic mass is 10.1. The second kappa shape index (κ2) is 10.4. The first-order valence-corrected chi connectivity index (χ1v) is 10.5. The Morgan fingerprint density at radius 1 is 1.19 bits per heavy atom. The molecule has 1 fully saturated rings. The summed E-state index contributed by atoms with van der Waals surface area (Å²) < 4.78 is 25.2. The Morgan fingerprint density at radius 3 is 2.55 bits per heavy atom. The van der Waals surface area contributed by atoms with Crippen molar-refractivity contribution in [3.05, 3.63) is 65.5 Å². The van der Waals surface area contributed by atoms with E-state index in [1.807, 2.05) is 13.8 Å². The maximum absolute atomic E-state index is 14.2. The number of carbonyl (C=O) groups is 2. The van der Waals surface area contributed by atoms with Crippen LogP contribution in [0.4, 0.5) is 4.39 Å². The largest absolute Gasteiger partial charge is 0.497 e. The standard InChI is InChI=1S/C24H29FN2O4/c1-17(2)14-27(24(29)21-6-4-5-7-22(21)25)16-20-15-26(12-13-31-20)23(28)18-8-10-19(30-3)11-9-18/h4-11,17,20H,12-16H2,1-3H3. The highest BCUT2D eigenvalue weighted by molar-refractivity contribution is 5.95. The van der Waals surface area contributed by atoms with Crippen LogP contribution in [0.2, 0.25) is 0 Å². The molecule has 7 heteroatoms. The molecule has 0 aromatic heterocycles. The van der Waals surface area contributed by atoms with Crippen molar-refractivity contribution >= 4 is 11.8 Å². The number of amides is 2. The van der Waals surface area contributed by atoms with Gasteiger partial charge in [0.15, 0.2) is 0 Å². The molecule has 0 saturated carbocycles. The number of rotatable bonds is 7. The summed E-state index contributed by atoms with van der Waals surface area (Å²) in [7, 11) is 1.58. The minimum Gasteiger partial charge on any atom is -0.497 e. The number of halogens is 1. The third kappa shape index (κ3) is 5.82. The predicted molar refractivity (Wildman–Crippen MR) is 116 cm³/mol. The van der Waals surface area contributed by atoms with Crippen molar-refractivity contribution in [1.29, 1.82) is 0 Å². The van der Waals surface area contributed by atoms with Gasteiger partial charge in [-0.25, -0.2) is 4.39 Å². The summed E-state index contributed by atoms with van der Waals surface area (Å²) in [5, 5.41) is 0. The van der Waals surface area contributed by atoms with Gasteiger partial charge in [-0.1, -0.05) is 26.0 Å². The van der Waals surface area contributed by atoms with Crippen molar-refractivity contribution in [2.75, 3.05) is 39.9 Å². The van der Waals surface area contributed by atoms with Gasteiger partial charge >= 0.3 is 0 Å². The van der Waals surface area contributed by atoms with Gasteiger partial charge in [0.25, 0.3) is 11.8 Å². The maximum Gasteiger partial charge on any atom is 0.256 e. The van der Waals surface area contributed by atoms with Crippen molar-refractivity contribution in [3.8, 4) is 5.75 Å². The summed E-state index contributed by atoms with van der Waals surface area (Å²) in [6.45, 7) is 6.00. The Hall–Kier alpha value is -2.93. The zero-order valence-electron chi connectivity index (χ0n) is 18.2. The van der Waals surface area contributed by atoms with Crippen LogP contribution < -0.4 is 4.74 Å². The molecule has 0 radical (unpaired) electrons. The normalized spacial score (nSPS) is 16.3. The summed E-state index contributed by atoms with van der Waals surface area (Å²) in [5.74, 6) is -0.105. The van der Waals surface area contributed by atoms with Gasteiger partial charge in [0.05, 0.1) is 25.4 Å². The van der Waals surface area contributed by atoms with E-state index in [1.165, 1.54) is 12.1 Å². The van der Waals surface area contributed by atoms with Crippen molar-refractivity contribution in [1.82, 2.24) is 9.80 Å². The van der Waals surface area contributed by atoms with Gasteiger partial charge in [0.1, 0.15) is 11.6 Å². The first kappa shape index (κ1) is 22.7. The number of benzene rings is 2. The predicted octanol–water partition coefficient (Wildman–Crippen LogP) is 3.47. The summed E-state index contributed by atoms with van der Waals surface area (Å²) in [6.07, 6.45) is -0.342. The van der Waals surface area contributed by atoms with E-state index in [9.17, 15) is 14.0 Å². The first-order valence-electron chi connectivity index (χ1n) is 10.5. The lowest BCUT2D eigenvalue weighted by Crippen LogP contribution is -2.51. The van der Waals surface area contributed by atoms with E-state index < -0.39 is 5.82 Å². The Labute approximate surface area is 182 Å². The third-order valence-corrected chi connectivity index (χ3v) is 5.16. The number of morpholine rings is 1. The summed E-state index contributed by atoms with van der Waals surface area (Å²) >= 11 is 0. The van der Waals surface area contributed by atoms with Gasteiger partial charge in [-0.05, 0) is 42.3 Å². The highest BCUT2D eigenvalue weighted by Gasteiger charge is 2.29. The molecular weight excluding hydrogens is 399 g/mol. The van der Waals surface area contributed by atoms with E-state index in [2.05, 4.69) is 0 Å². The molecule has 0 spiro atoms. The highest BCUT2D eigenvalue weighted by atomic mass is 19.1. The van der Waals surface area contributed by atoms with Crippen LogP contribution in [-0.4, -0.2) is 67.6 Å². The molecule has 3 rings (SSSR count). The fourth-order valence-corrected chi connectivity index (χ4v) is 3.66. The van der Waals surface area contributed by atoms with Crippen LogP contribution in [0.3, 0.4) is 0 Å². The molecule has 1 aliphatic rings. The molecule has 0 aliphatic carbocycles. The van der Waals surface area contributed by atoms with Crippen molar-refractivity contribution in [2.24, 2.45) is 5.92 Å². The Bertz CT molecular complexity index is 901. The number of hydrogen-bond donors (Lipinski definition) is 0. The van der Waals surface area contributed by atoms with Crippen molar-refractivity contribution < 1.29 is 23.5 Å². The van der Waals surface area contributed by atoms with E-state index >= 15 is 0 Å². The average molecular weight is 429 g/mol. The molecule has 1 saturated heterocycles. The van der Waals surface area contributed by atoms with E-state index in [0.29, 0.717) is 37.6 Å². The van der Waals surface area contributed by atoms with Gasteiger partial charge < -0.3 is 19.3 Å². The molecule has 166 valence electrons. The third-order valence-electron chi connectivity index (χ3n) is 5.16. The fraction of sp³-hybridized carbons (Fsp3) is 0.417. The topological polar surface area (TPSA) is 59.1 Å². The van der Waals surface area contributed by atoms with Gasteiger partial charge in [0, 0.05) is 31.7 Å². The molecule has 1 unspecified atom stereocenters. The number of hydrogen-bond acceptors (Lipinski definition) is 4. The molecule has 0 N–H and O–H groups in total. The number of methoxy groups -OCH3 is 1. The zero-order chi connectivity index (χ0) is 22.4. The van der Waals surface area contributed by atoms with E-state index in [1.54, 1.807) is 53.3 Å². The van der Waals surface area contributed by atoms with Crippen LogP contribution >= 0.6 is 0 Å². The van der Waals surface area contributed by atoms with Gasteiger partial charge in [-0.2, -0.15) is 0 Å². The quantitative estimate of drug-likeness (QED) is 0.678. The van der Waals surface area contributed by atoms with Crippen molar-refractivity contribution in [3.63, 3.8) is 0 Å². The molecule has 31 heavy (non-hydrogen) atoms. The molecule has 1 aliphatic heterocycles. The SMILES string of the molecule is COc1ccc(C(=O)N2CCOC(CN(CC(C)C)C(=O)c3ccccc3F)C2)cc1. The van der Waals surface area contributed by atoms with Crippen LogP contribution in [-0.2, 0) is 4.74 Å². The van der Waals surface area contributed by atoms with E-state index in [0.717, 1.165) is 0 Å². The first-order chi connectivity index (χ1) is 14.9. The molecule has 1 atom stereocenters. The maximum atomic E-state index is 14.2. The minimum absolute atomic E-state index is 0.0464. The van der Waals surface area contributed by atoms with Crippen LogP contribution in [0.15, 0.2) is 48.5 Å². The summed E-state index contributed by atoms with van der Waals surface area (Å²) in [5.41, 5.74) is 0.619. The fourth-order valence-electron chi connectivity index (χ4n) is 3.66. The molecule has 0 bridgehead atoms. The second-order valence-corrected chi connectivity index (χ2v) is 8.06. The molecule has 2 aromatic carbocycles. The number of ether oxygens (including phenoxy) is 2. The lowest BCUT2D eigenvalue weighted by molar-refractivity contribution is -0.0340. The van der Waals surface area contributed by atoms with Crippen molar-refractivity contribution in [2.45, 2.75) is 20.0 Å². The molecule has 2 amide bonds. The van der Waals surface area contributed by atoms with Gasteiger partial charge in [-0.3, -0.25) is 9.59 Å². The lowest BCUT2D eigenvalue weighted by Gasteiger charge is -2.36. The highest BCUT2D eigenvalue weighted by Crippen LogP contribution is 2.17. The second-order valence-electron chi connectivity index (χ2n) is 8.06. The molecular formula is C24H29FN2O4. The molecule has 6 nitrogen and oxygen atoms in total. The smallest absolute Gasteiger partial charge is 0.256 e. The Balaban J connectivity index is 1.70. The average Bonchev–Trinajstić information content (AvgIpc) is 2.78. The van der Waals surface area contributed by atoms with E-state index in [4.69, 9.17) is 9.47 Å². The zero-order valence-corrected chi connectivity index (χ0v) is 18.2. The number of carbonyl (C=O) groups excluding carboxylic acids is 2. The Kier molecular flexibility index (Phi) is 7.63. The van der Waals surface area contributed by atoms with Crippen LogP contribution in [0.1, 0.15) is 34.6 Å². The monoisotopic (exact) mass is 428 g/mol. The summed E-state index contributed by atoms with van der Waals surface area (Å²) in [6, 6.07) is 13.0. The van der Waals surface area contributed by atoms with Crippen LogP contribution in [0, 0.1) is 11.7 Å². The molecule has 1 heterocycles. The summed E-state index contributed by atoms with van der Waals surface area (Å²) in [4.78, 5) is 29.3. The van der Waals surface area contributed by atoms with Gasteiger partial charge in [-0.15, -0.1) is 0 Å². The van der Waals surface area contributed by atoms with Crippen LogP contribution in [0.25, 0.3) is 0 Å².